The Morgan fingerprint density at radius 3 is 2.50 bits per heavy atom. The van der Waals surface area contributed by atoms with Crippen LogP contribution in [0.25, 0.3) is 0 Å². The molecule has 0 bridgehead atoms. The van der Waals surface area contributed by atoms with Gasteiger partial charge in [-0.05, 0) is 6.42 Å². The molecule has 0 rings (SSSR count). The first-order chi connectivity index (χ1) is 6.37. The van der Waals surface area contributed by atoms with Gasteiger partial charge in [0, 0.05) is 5.75 Å². The van der Waals surface area contributed by atoms with Crippen molar-refractivity contribution in [2.45, 2.75) is 18.0 Å². The maximum atomic E-state index is 11.6. The van der Waals surface area contributed by atoms with E-state index in [1.807, 2.05) is 5.32 Å². The van der Waals surface area contributed by atoms with Gasteiger partial charge in [0.15, 0.2) is 0 Å². The summed E-state index contributed by atoms with van der Waals surface area (Å²) in [5, 5.41) is 10.3. The predicted octanol–water partition coefficient (Wildman–Crippen LogP) is 0.829. The van der Waals surface area contributed by atoms with E-state index in [9.17, 15) is 22.8 Å². The van der Waals surface area contributed by atoms with E-state index in [1.54, 1.807) is 0 Å². The predicted molar refractivity (Wildman–Crippen MR) is 43.8 cm³/mol. The molecule has 0 saturated carbocycles. The van der Waals surface area contributed by atoms with Gasteiger partial charge < -0.3 is 10.4 Å². The van der Waals surface area contributed by atoms with Crippen molar-refractivity contribution >= 4 is 24.1 Å². The maximum Gasteiger partial charge on any atom is 0.441 e. The number of carbonyl (C=O) groups excluding carboxylic acids is 1. The number of thioether (sulfide) groups is 1. The highest BCUT2D eigenvalue weighted by atomic mass is 32.2. The van der Waals surface area contributed by atoms with E-state index in [4.69, 9.17) is 5.11 Å². The molecule has 0 aliphatic carbocycles. The number of aliphatic carboxylic acids is 1. The first kappa shape index (κ1) is 13.1. The van der Waals surface area contributed by atoms with Gasteiger partial charge >= 0.3 is 11.5 Å². The fourth-order valence-corrected chi connectivity index (χ4v) is 1.24. The van der Waals surface area contributed by atoms with Crippen LogP contribution in [-0.4, -0.2) is 34.8 Å². The molecule has 2 N–H and O–H groups in total. The Morgan fingerprint density at radius 2 is 2.14 bits per heavy atom. The van der Waals surface area contributed by atoms with Gasteiger partial charge in [0.25, 0.3) is 0 Å². The van der Waals surface area contributed by atoms with Gasteiger partial charge in [-0.2, -0.15) is 13.2 Å². The standard InChI is InChI=1S/C6H8F3NO3S/c7-6(8,9)14-2-1-4(5(12)13)10-3-11/h3-4H,1-2H2,(H,10,11)(H,12,13)/t4-/m0/s1. The van der Waals surface area contributed by atoms with Gasteiger partial charge in [0.1, 0.15) is 6.04 Å². The number of hydrogen-bond donors (Lipinski definition) is 2. The summed E-state index contributed by atoms with van der Waals surface area (Å²) in [6, 6.07) is -1.26. The van der Waals surface area contributed by atoms with E-state index >= 15 is 0 Å². The van der Waals surface area contributed by atoms with Gasteiger partial charge in [0.2, 0.25) is 6.41 Å². The molecule has 0 aromatic rings. The van der Waals surface area contributed by atoms with Crippen LogP contribution in [0.3, 0.4) is 0 Å². The molecule has 1 amide bonds. The zero-order valence-electron chi connectivity index (χ0n) is 6.87. The Hall–Kier alpha value is -0.920. The van der Waals surface area contributed by atoms with Crippen molar-refractivity contribution in [1.29, 1.82) is 0 Å². The summed E-state index contributed by atoms with van der Waals surface area (Å²) >= 11 is -0.314. The highest BCUT2D eigenvalue weighted by molar-refractivity contribution is 8.00. The second-order valence-electron chi connectivity index (χ2n) is 2.26. The van der Waals surface area contributed by atoms with Gasteiger partial charge in [0.05, 0.1) is 0 Å². The number of carboxylic acid groups (broad SMARTS) is 1. The lowest BCUT2D eigenvalue weighted by molar-refractivity contribution is -0.140. The van der Waals surface area contributed by atoms with Crippen LogP contribution in [0.4, 0.5) is 13.2 Å². The lowest BCUT2D eigenvalue weighted by atomic mass is 10.2. The maximum absolute atomic E-state index is 11.6. The second-order valence-corrected chi connectivity index (χ2v) is 3.42. The Labute approximate surface area is 81.9 Å². The van der Waals surface area contributed by atoms with Crippen LogP contribution in [0.5, 0.6) is 0 Å². The topological polar surface area (TPSA) is 66.4 Å². The molecule has 0 radical (unpaired) electrons. The van der Waals surface area contributed by atoms with Crippen molar-refractivity contribution in [1.82, 2.24) is 5.32 Å². The minimum Gasteiger partial charge on any atom is -0.480 e. The molecule has 0 unspecified atom stereocenters. The van der Waals surface area contributed by atoms with Gasteiger partial charge in [-0.25, -0.2) is 4.79 Å². The Kier molecular flexibility index (Phi) is 5.36. The highest BCUT2D eigenvalue weighted by Gasteiger charge is 2.28. The van der Waals surface area contributed by atoms with Crippen LogP contribution < -0.4 is 5.32 Å². The zero-order valence-corrected chi connectivity index (χ0v) is 7.69. The summed E-state index contributed by atoms with van der Waals surface area (Å²) in [5.74, 6) is -1.75. The third-order valence-corrected chi connectivity index (χ3v) is 2.01. The van der Waals surface area contributed by atoms with Crippen LogP contribution in [-0.2, 0) is 9.59 Å². The third-order valence-electron chi connectivity index (χ3n) is 1.24. The summed E-state index contributed by atoms with van der Waals surface area (Å²) < 4.78 is 34.9. The van der Waals surface area contributed by atoms with Crippen molar-refractivity contribution in [3.8, 4) is 0 Å². The first-order valence-electron chi connectivity index (χ1n) is 3.50. The molecule has 82 valence electrons. The van der Waals surface area contributed by atoms with Crippen molar-refractivity contribution in [2.75, 3.05) is 5.75 Å². The fraction of sp³-hybridized carbons (Fsp3) is 0.667. The van der Waals surface area contributed by atoms with Gasteiger partial charge in [-0.3, -0.25) is 4.79 Å². The minimum absolute atomic E-state index is 0.150. The molecule has 0 aromatic carbocycles. The number of carboxylic acids is 1. The van der Waals surface area contributed by atoms with E-state index in [2.05, 4.69) is 0 Å². The molecule has 1 atom stereocenters. The van der Waals surface area contributed by atoms with Crippen LogP contribution in [0.2, 0.25) is 0 Å². The van der Waals surface area contributed by atoms with E-state index in [-0.39, 0.29) is 24.6 Å². The van der Waals surface area contributed by atoms with Crippen LogP contribution in [0.15, 0.2) is 0 Å². The van der Waals surface area contributed by atoms with E-state index in [0.717, 1.165) is 0 Å². The molecule has 14 heavy (non-hydrogen) atoms. The van der Waals surface area contributed by atoms with Gasteiger partial charge in [-0.1, -0.05) is 11.8 Å². The summed E-state index contributed by atoms with van der Waals surface area (Å²) in [4.78, 5) is 20.2. The molecule has 0 aromatic heterocycles. The largest absolute Gasteiger partial charge is 0.480 e. The minimum atomic E-state index is -4.37. The van der Waals surface area contributed by atoms with E-state index < -0.39 is 23.3 Å². The summed E-state index contributed by atoms with van der Waals surface area (Å²) in [6.07, 6.45) is -0.116. The van der Waals surface area contributed by atoms with Crippen molar-refractivity contribution in [3.05, 3.63) is 0 Å². The SMILES string of the molecule is O=CN[C@@H](CCSC(F)(F)F)C(=O)O. The molecule has 8 heteroatoms. The van der Waals surface area contributed by atoms with Crippen LogP contribution in [0, 0.1) is 0 Å². The number of halogens is 3. The van der Waals surface area contributed by atoms with Crippen molar-refractivity contribution in [2.24, 2.45) is 0 Å². The molecule has 0 spiro atoms. The second kappa shape index (κ2) is 5.74. The van der Waals surface area contributed by atoms with E-state index in [0.29, 0.717) is 0 Å². The molecule has 4 nitrogen and oxygen atoms in total. The number of rotatable bonds is 6. The number of nitrogens with one attached hydrogen (secondary N) is 1. The lowest BCUT2D eigenvalue weighted by Crippen LogP contribution is -2.36. The molecule has 0 saturated heterocycles. The third kappa shape index (κ3) is 6.58. The Bertz CT molecular complexity index is 209. The molecule has 0 fully saturated rings. The number of alkyl halides is 3. The number of carbonyl (C=O) groups is 2. The Balaban J connectivity index is 3.83. The molecule has 0 aliphatic rings. The monoisotopic (exact) mass is 231 g/mol. The fourth-order valence-electron chi connectivity index (χ4n) is 0.653. The summed E-state index contributed by atoms with van der Waals surface area (Å²) in [5.41, 5.74) is -4.37. The first-order valence-corrected chi connectivity index (χ1v) is 4.48. The summed E-state index contributed by atoms with van der Waals surface area (Å²) in [6.45, 7) is 0. The van der Waals surface area contributed by atoms with Gasteiger partial charge in [-0.15, -0.1) is 0 Å². The normalized spacial score (nSPS) is 13.4. The highest BCUT2D eigenvalue weighted by Crippen LogP contribution is 2.30. The lowest BCUT2D eigenvalue weighted by Gasteiger charge is -2.11. The molecular formula is C6H8F3NO3S. The Morgan fingerprint density at radius 1 is 1.57 bits per heavy atom. The smallest absolute Gasteiger partial charge is 0.441 e. The molecule has 0 heterocycles. The van der Waals surface area contributed by atoms with Crippen LogP contribution in [0.1, 0.15) is 6.42 Å². The number of amides is 1. The molecular weight excluding hydrogens is 223 g/mol. The van der Waals surface area contributed by atoms with Crippen molar-refractivity contribution < 1.29 is 27.9 Å². The average Bonchev–Trinajstić information content (AvgIpc) is 2.00. The summed E-state index contributed by atoms with van der Waals surface area (Å²) in [7, 11) is 0. The molecule has 0 aliphatic heterocycles. The van der Waals surface area contributed by atoms with Crippen LogP contribution >= 0.6 is 11.8 Å². The zero-order chi connectivity index (χ0) is 11.2. The van der Waals surface area contributed by atoms with Crippen molar-refractivity contribution in [3.63, 3.8) is 0 Å². The number of hydrogen-bond acceptors (Lipinski definition) is 3. The quantitative estimate of drug-likeness (QED) is 0.664. The average molecular weight is 231 g/mol. The van der Waals surface area contributed by atoms with E-state index in [1.165, 1.54) is 0 Å².